The maximum atomic E-state index is 13.3. The molecule has 0 spiro atoms. The van der Waals surface area contributed by atoms with E-state index in [9.17, 15) is 9.59 Å². The molecule has 0 fully saturated rings. The highest BCUT2D eigenvalue weighted by molar-refractivity contribution is 6.02. The van der Waals surface area contributed by atoms with Gasteiger partial charge in [-0.1, -0.05) is 31.2 Å². The van der Waals surface area contributed by atoms with Gasteiger partial charge in [-0.3, -0.25) is 9.59 Å². The number of ether oxygens (including phenoxy) is 2. The van der Waals surface area contributed by atoms with Gasteiger partial charge in [-0.15, -0.1) is 0 Å². The molecular weight excluding hydrogens is 378 g/mol. The predicted octanol–water partition coefficient (Wildman–Crippen LogP) is 4.27. The third-order valence-electron chi connectivity index (χ3n) is 6.20. The zero-order chi connectivity index (χ0) is 21.3. The lowest BCUT2D eigenvalue weighted by Gasteiger charge is -2.35. The van der Waals surface area contributed by atoms with Crippen LogP contribution in [0.3, 0.4) is 0 Å². The van der Waals surface area contributed by atoms with E-state index in [2.05, 4.69) is 36.5 Å². The van der Waals surface area contributed by atoms with Gasteiger partial charge in [0, 0.05) is 41.5 Å². The second-order valence-electron chi connectivity index (χ2n) is 7.93. The fourth-order valence-electron chi connectivity index (χ4n) is 4.61. The molecule has 2 atom stereocenters. The van der Waals surface area contributed by atoms with E-state index in [0.717, 1.165) is 40.3 Å². The van der Waals surface area contributed by atoms with Crippen LogP contribution in [0.25, 0.3) is 0 Å². The maximum Gasteiger partial charge on any atom is 0.225 e. The molecule has 2 aromatic rings. The first kappa shape index (κ1) is 20.2. The molecule has 4 rings (SSSR count). The summed E-state index contributed by atoms with van der Waals surface area (Å²) in [5, 5.41) is 2.98. The lowest BCUT2D eigenvalue weighted by molar-refractivity contribution is -0.122. The van der Waals surface area contributed by atoms with Gasteiger partial charge in [0.05, 0.1) is 14.2 Å². The molecule has 5 nitrogen and oxygen atoms in total. The molecule has 156 valence electrons. The first-order valence-electron chi connectivity index (χ1n) is 10.4. The van der Waals surface area contributed by atoms with Crippen LogP contribution in [0.2, 0.25) is 0 Å². The molecule has 5 heteroatoms. The number of nitrogens with one attached hydrogen (secondary N) is 1. The van der Waals surface area contributed by atoms with Crippen LogP contribution in [0, 0.1) is 0 Å². The molecule has 1 heterocycles. The van der Waals surface area contributed by atoms with Crippen molar-refractivity contribution in [3.05, 3.63) is 70.4 Å². The highest BCUT2D eigenvalue weighted by Crippen LogP contribution is 2.45. The Kier molecular flexibility index (Phi) is 5.62. The Hall–Kier alpha value is -3.08. The summed E-state index contributed by atoms with van der Waals surface area (Å²) >= 11 is 0. The maximum absolute atomic E-state index is 13.3. The van der Waals surface area contributed by atoms with Crippen molar-refractivity contribution in [2.45, 2.75) is 44.4 Å². The molecule has 0 saturated heterocycles. The van der Waals surface area contributed by atoms with E-state index in [4.69, 9.17) is 9.47 Å². The molecule has 2 aliphatic rings. The minimum atomic E-state index is -0.180. The highest BCUT2D eigenvalue weighted by atomic mass is 16.5. The quantitative estimate of drug-likeness (QED) is 0.807. The van der Waals surface area contributed by atoms with Crippen LogP contribution in [-0.2, 0) is 16.0 Å². The van der Waals surface area contributed by atoms with Crippen molar-refractivity contribution >= 4 is 11.7 Å². The standard InChI is InChI=1S/C25H27NO4/c1-4-15-5-7-16(8-6-15)20-14-24(28)26-21-11-17(12-22(27)25(20)21)19-13-18(29-2)9-10-23(19)30-3/h5-10,13,17,20H,4,11-12,14H2,1-3H3,(H,26,28). The van der Waals surface area contributed by atoms with Gasteiger partial charge < -0.3 is 14.8 Å². The van der Waals surface area contributed by atoms with Gasteiger partial charge in [-0.05, 0) is 42.2 Å². The van der Waals surface area contributed by atoms with E-state index >= 15 is 0 Å². The van der Waals surface area contributed by atoms with Gasteiger partial charge in [0.15, 0.2) is 5.78 Å². The van der Waals surface area contributed by atoms with E-state index in [-0.39, 0.29) is 23.5 Å². The van der Waals surface area contributed by atoms with Crippen LogP contribution in [0.1, 0.15) is 54.7 Å². The van der Waals surface area contributed by atoms with E-state index in [1.165, 1.54) is 5.56 Å². The largest absolute Gasteiger partial charge is 0.497 e. The molecule has 2 aromatic carbocycles. The second-order valence-corrected chi connectivity index (χ2v) is 7.93. The average Bonchev–Trinajstić information content (AvgIpc) is 2.77. The van der Waals surface area contributed by atoms with Crippen molar-refractivity contribution in [2.75, 3.05) is 14.2 Å². The number of hydrogen-bond acceptors (Lipinski definition) is 4. The summed E-state index contributed by atoms with van der Waals surface area (Å²) in [5.74, 6) is 1.26. The zero-order valence-electron chi connectivity index (χ0n) is 17.7. The molecule has 2 unspecified atom stereocenters. The Morgan fingerprint density at radius 3 is 2.40 bits per heavy atom. The number of aryl methyl sites for hydroxylation is 1. The Balaban J connectivity index is 1.71. The number of benzene rings is 2. The van der Waals surface area contributed by atoms with Gasteiger partial charge in [-0.25, -0.2) is 0 Å². The monoisotopic (exact) mass is 405 g/mol. The van der Waals surface area contributed by atoms with Crippen LogP contribution < -0.4 is 14.8 Å². The van der Waals surface area contributed by atoms with Crippen LogP contribution >= 0.6 is 0 Å². The summed E-state index contributed by atoms with van der Waals surface area (Å²) in [6.45, 7) is 2.11. The van der Waals surface area contributed by atoms with Crippen molar-refractivity contribution in [3.8, 4) is 11.5 Å². The third kappa shape index (κ3) is 3.72. The molecule has 30 heavy (non-hydrogen) atoms. The van der Waals surface area contributed by atoms with Gasteiger partial charge in [-0.2, -0.15) is 0 Å². The molecular formula is C25H27NO4. The van der Waals surface area contributed by atoms with Crippen molar-refractivity contribution in [1.82, 2.24) is 5.32 Å². The van der Waals surface area contributed by atoms with Crippen LogP contribution in [0.15, 0.2) is 53.7 Å². The molecule has 0 radical (unpaired) electrons. The van der Waals surface area contributed by atoms with E-state index in [1.807, 2.05) is 18.2 Å². The number of allylic oxidation sites excluding steroid dienone is 2. The summed E-state index contributed by atoms with van der Waals surface area (Å²) in [7, 11) is 3.24. The molecule has 0 aromatic heterocycles. The molecule has 1 aliphatic heterocycles. The van der Waals surface area contributed by atoms with Gasteiger partial charge in [0.2, 0.25) is 5.91 Å². The smallest absolute Gasteiger partial charge is 0.225 e. The number of ketones is 1. The lowest BCUT2D eigenvalue weighted by Crippen LogP contribution is -2.38. The molecule has 0 saturated carbocycles. The normalized spacial score (nSPS) is 21.2. The summed E-state index contributed by atoms with van der Waals surface area (Å²) in [4.78, 5) is 25.8. The number of carbonyl (C=O) groups excluding carboxylic acids is 2. The van der Waals surface area contributed by atoms with E-state index in [1.54, 1.807) is 14.2 Å². The first-order valence-corrected chi connectivity index (χ1v) is 10.4. The van der Waals surface area contributed by atoms with Gasteiger partial charge in [0.1, 0.15) is 11.5 Å². The number of carbonyl (C=O) groups is 2. The number of amides is 1. The Morgan fingerprint density at radius 1 is 0.967 bits per heavy atom. The number of hydrogen-bond donors (Lipinski definition) is 1. The van der Waals surface area contributed by atoms with E-state index < -0.39 is 0 Å². The van der Waals surface area contributed by atoms with Crippen LogP contribution in [0.4, 0.5) is 0 Å². The number of rotatable bonds is 5. The highest BCUT2D eigenvalue weighted by Gasteiger charge is 2.38. The Morgan fingerprint density at radius 2 is 1.73 bits per heavy atom. The fraction of sp³-hybridized carbons (Fsp3) is 0.360. The van der Waals surface area contributed by atoms with Crippen molar-refractivity contribution < 1.29 is 19.1 Å². The molecule has 1 amide bonds. The summed E-state index contributed by atoms with van der Waals surface area (Å²) in [6, 6.07) is 13.9. The first-order chi connectivity index (χ1) is 14.5. The van der Waals surface area contributed by atoms with Crippen LogP contribution in [-0.4, -0.2) is 25.9 Å². The Labute approximate surface area is 177 Å². The SMILES string of the molecule is CCc1ccc(C2CC(=O)NC3=C2C(=O)CC(c2cc(OC)ccc2OC)C3)cc1. The summed E-state index contributed by atoms with van der Waals surface area (Å²) in [5.41, 5.74) is 4.72. The fourth-order valence-corrected chi connectivity index (χ4v) is 4.61. The van der Waals surface area contributed by atoms with Crippen molar-refractivity contribution in [2.24, 2.45) is 0 Å². The van der Waals surface area contributed by atoms with E-state index in [0.29, 0.717) is 19.3 Å². The second kappa shape index (κ2) is 8.34. The summed E-state index contributed by atoms with van der Waals surface area (Å²) < 4.78 is 10.9. The minimum Gasteiger partial charge on any atom is -0.497 e. The summed E-state index contributed by atoms with van der Waals surface area (Å²) in [6.07, 6.45) is 2.26. The number of methoxy groups -OCH3 is 2. The van der Waals surface area contributed by atoms with Crippen molar-refractivity contribution in [1.29, 1.82) is 0 Å². The average molecular weight is 405 g/mol. The number of Topliss-reactive ketones (excluding diaryl/α,β-unsaturated/α-hetero) is 1. The molecule has 1 N–H and O–H groups in total. The van der Waals surface area contributed by atoms with Crippen molar-refractivity contribution in [3.63, 3.8) is 0 Å². The minimum absolute atomic E-state index is 0.0376. The topological polar surface area (TPSA) is 64.6 Å². The molecule has 1 aliphatic carbocycles. The third-order valence-corrected chi connectivity index (χ3v) is 6.20. The van der Waals surface area contributed by atoms with Crippen LogP contribution in [0.5, 0.6) is 11.5 Å². The lowest BCUT2D eigenvalue weighted by atomic mass is 9.73. The van der Waals surface area contributed by atoms with Gasteiger partial charge in [0.25, 0.3) is 0 Å². The predicted molar refractivity (Wildman–Crippen MR) is 115 cm³/mol. The van der Waals surface area contributed by atoms with Gasteiger partial charge >= 0.3 is 0 Å². The Bertz CT molecular complexity index is 1010. The molecule has 0 bridgehead atoms. The zero-order valence-corrected chi connectivity index (χ0v) is 17.7.